The van der Waals surface area contributed by atoms with E-state index in [9.17, 15) is 10.1 Å². The van der Waals surface area contributed by atoms with E-state index in [-0.39, 0.29) is 5.69 Å². The second kappa shape index (κ2) is 5.27. The fraction of sp³-hybridized carbons (Fsp3) is 0.417. The third-order valence-corrected chi connectivity index (χ3v) is 4.18. The molecule has 0 saturated carbocycles. The predicted molar refractivity (Wildman–Crippen MR) is 71.9 cm³/mol. The van der Waals surface area contributed by atoms with Gasteiger partial charge in [-0.05, 0) is 13.0 Å². The van der Waals surface area contributed by atoms with Crippen molar-refractivity contribution in [1.29, 1.82) is 5.26 Å². The van der Waals surface area contributed by atoms with Crippen molar-refractivity contribution >= 4 is 23.1 Å². The van der Waals surface area contributed by atoms with Crippen LogP contribution in [-0.4, -0.2) is 29.0 Å². The normalized spacial score (nSPS) is 19.3. The van der Waals surface area contributed by atoms with Crippen LogP contribution in [0.1, 0.15) is 12.5 Å². The quantitative estimate of drug-likeness (QED) is 0.605. The van der Waals surface area contributed by atoms with Crippen LogP contribution in [-0.2, 0) is 0 Å². The SMILES string of the molecule is CC1CSCCN1c1ccc([N+](=O)[O-])cc1C#N. The highest BCUT2D eigenvalue weighted by Gasteiger charge is 2.22. The minimum absolute atomic E-state index is 0.0330. The maximum Gasteiger partial charge on any atom is 0.270 e. The number of non-ortho nitro benzene ring substituents is 1. The Balaban J connectivity index is 2.38. The van der Waals surface area contributed by atoms with Gasteiger partial charge in [0.15, 0.2) is 0 Å². The zero-order valence-electron chi connectivity index (χ0n) is 10.00. The summed E-state index contributed by atoms with van der Waals surface area (Å²) in [4.78, 5) is 12.4. The van der Waals surface area contributed by atoms with E-state index in [4.69, 9.17) is 5.26 Å². The molecule has 0 amide bonds. The summed E-state index contributed by atoms with van der Waals surface area (Å²) in [6.45, 7) is 2.98. The lowest BCUT2D eigenvalue weighted by atomic mass is 10.1. The number of nitro groups is 1. The van der Waals surface area contributed by atoms with Gasteiger partial charge in [0.25, 0.3) is 5.69 Å². The molecule has 1 aliphatic heterocycles. The van der Waals surface area contributed by atoms with Crippen LogP contribution < -0.4 is 4.90 Å². The largest absolute Gasteiger partial charge is 0.366 e. The van der Waals surface area contributed by atoms with E-state index in [1.54, 1.807) is 6.07 Å². The van der Waals surface area contributed by atoms with Crippen LogP contribution in [0.2, 0.25) is 0 Å². The van der Waals surface area contributed by atoms with Crippen molar-refractivity contribution < 1.29 is 4.92 Å². The first-order valence-electron chi connectivity index (χ1n) is 5.66. The molecule has 1 unspecified atom stereocenters. The zero-order chi connectivity index (χ0) is 13.1. The highest BCUT2D eigenvalue weighted by Crippen LogP contribution is 2.29. The maximum absolute atomic E-state index is 10.7. The standard InChI is InChI=1S/C12H13N3O2S/c1-9-8-18-5-4-14(9)12-3-2-11(15(16)17)6-10(12)7-13/h2-3,6,9H,4-5,8H2,1H3. The van der Waals surface area contributed by atoms with E-state index < -0.39 is 4.92 Å². The summed E-state index contributed by atoms with van der Waals surface area (Å²) < 4.78 is 0. The molecule has 1 fully saturated rings. The number of benzene rings is 1. The summed E-state index contributed by atoms with van der Waals surface area (Å²) in [6.07, 6.45) is 0. The fourth-order valence-electron chi connectivity index (χ4n) is 2.06. The van der Waals surface area contributed by atoms with Gasteiger partial charge < -0.3 is 4.90 Å². The van der Waals surface area contributed by atoms with Crippen molar-refractivity contribution in [3.8, 4) is 6.07 Å². The summed E-state index contributed by atoms with van der Waals surface area (Å²) in [5.41, 5.74) is 1.15. The van der Waals surface area contributed by atoms with E-state index in [2.05, 4.69) is 17.9 Å². The van der Waals surface area contributed by atoms with Gasteiger partial charge in [-0.15, -0.1) is 0 Å². The molecule has 0 radical (unpaired) electrons. The summed E-state index contributed by atoms with van der Waals surface area (Å²) in [5, 5.41) is 19.8. The van der Waals surface area contributed by atoms with Crippen molar-refractivity contribution in [2.24, 2.45) is 0 Å². The van der Waals surface area contributed by atoms with Crippen LogP contribution in [0.5, 0.6) is 0 Å². The molecule has 1 aromatic carbocycles. The van der Waals surface area contributed by atoms with Gasteiger partial charge in [0.2, 0.25) is 0 Å². The predicted octanol–water partition coefficient (Wildman–Crippen LogP) is 2.41. The minimum atomic E-state index is -0.472. The molecule has 1 saturated heterocycles. The Kier molecular flexibility index (Phi) is 3.72. The Morgan fingerprint density at radius 3 is 3.00 bits per heavy atom. The highest BCUT2D eigenvalue weighted by atomic mass is 32.2. The lowest BCUT2D eigenvalue weighted by Gasteiger charge is -2.35. The van der Waals surface area contributed by atoms with Gasteiger partial charge in [-0.3, -0.25) is 10.1 Å². The van der Waals surface area contributed by atoms with Crippen molar-refractivity contribution in [2.75, 3.05) is 23.0 Å². The van der Waals surface area contributed by atoms with Crippen molar-refractivity contribution in [1.82, 2.24) is 0 Å². The molecule has 0 aromatic heterocycles. The lowest BCUT2D eigenvalue weighted by Crippen LogP contribution is -2.40. The van der Waals surface area contributed by atoms with Crippen LogP contribution >= 0.6 is 11.8 Å². The van der Waals surface area contributed by atoms with Crippen molar-refractivity contribution in [3.63, 3.8) is 0 Å². The van der Waals surface area contributed by atoms with Crippen molar-refractivity contribution in [3.05, 3.63) is 33.9 Å². The minimum Gasteiger partial charge on any atom is -0.366 e. The molecule has 18 heavy (non-hydrogen) atoms. The van der Waals surface area contributed by atoms with Crippen LogP contribution in [0, 0.1) is 21.4 Å². The number of anilines is 1. The molecular formula is C12H13N3O2S. The Morgan fingerprint density at radius 2 is 2.39 bits per heavy atom. The van der Waals surface area contributed by atoms with Gasteiger partial charge in [-0.2, -0.15) is 17.0 Å². The monoisotopic (exact) mass is 263 g/mol. The molecule has 94 valence electrons. The molecular weight excluding hydrogens is 250 g/mol. The van der Waals surface area contributed by atoms with Crippen LogP contribution in [0.4, 0.5) is 11.4 Å². The fourth-order valence-corrected chi connectivity index (χ4v) is 3.08. The van der Waals surface area contributed by atoms with Crippen LogP contribution in [0.25, 0.3) is 0 Å². The second-order valence-electron chi connectivity index (χ2n) is 4.19. The zero-order valence-corrected chi connectivity index (χ0v) is 10.8. The van der Waals surface area contributed by atoms with E-state index in [1.165, 1.54) is 12.1 Å². The van der Waals surface area contributed by atoms with Crippen LogP contribution in [0.3, 0.4) is 0 Å². The molecule has 2 rings (SSSR count). The molecule has 0 spiro atoms. The average molecular weight is 263 g/mol. The number of nitro benzene ring substituents is 1. The third kappa shape index (κ3) is 2.41. The number of nitriles is 1. The highest BCUT2D eigenvalue weighted by molar-refractivity contribution is 7.99. The molecule has 1 aromatic rings. The van der Waals surface area contributed by atoms with Crippen LogP contribution in [0.15, 0.2) is 18.2 Å². The molecule has 5 nitrogen and oxygen atoms in total. The maximum atomic E-state index is 10.7. The first-order chi connectivity index (χ1) is 8.63. The number of hydrogen-bond donors (Lipinski definition) is 0. The van der Waals surface area contributed by atoms with Gasteiger partial charge in [0.05, 0.1) is 16.2 Å². The average Bonchev–Trinajstić information content (AvgIpc) is 2.38. The van der Waals surface area contributed by atoms with Gasteiger partial charge in [0.1, 0.15) is 6.07 Å². The van der Waals surface area contributed by atoms with Gasteiger partial charge in [0, 0.05) is 36.2 Å². The lowest BCUT2D eigenvalue weighted by molar-refractivity contribution is -0.384. The smallest absolute Gasteiger partial charge is 0.270 e. The molecule has 1 heterocycles. The van der Waals surface area contributed by atoms with E-state index in [0.717, 1.165) is 23.7 Å². The Hall–Kier alpha value is -1.74. The van der Waals surface area contributed by atoms with Crippen molar-refractivity contribution in [2.45, 2.75) is 13.0 Å². The number of hydrogen-bond acceptors (Lipinski definition) is 5. The Labute approximate surface area is 110 Å². The van der Waals surface area contributed by atoms with Gasteiger partial charge >= 0.3 is 0 Å². The van der Waals surface area contributed by atoms with E-state index >= 15 is 0 Å². The third-order valence-electron chi connectivity index (χ3n) is 2.99. The first-order valence-corrected chi connectivity index (χ1v) is 6.82. The van der Waals surface area contributed by atoms with Gasteiger partial charge in [-0.1, -0.05) is 0 Å². The summed E-state index contributed by atoms with van der Waals surface area (Å²) in [5.74, 6) is 2.04. The summed E-state index contributed by atoms with van der Waals surface area (Å²) in [7, 11) is 0. The molecule has 1 atom stereocenters. The molecule has 0 aliphatic carbocycles. The Bertz CT molecular complexity index is 513. The molecule has 0 N–H and O–H groups in total. The summed E-state index contributed by atoms with van der Waals surface area (Å²) in [6, 6.07) is 6.90. The number of thioether (sulfide) groups is 1. The number of nitrogens with zero attached hydrogens (tertiary/aromatic N) is 3. The van der Waals surface area contributed by atoms with E-state index in [1.807, 2.05) is 11.8 Å². The first kappa shape index (κ1) is 12.7. The van der Waals surface area contributed by atoms with Gasteiger partial charge in [-0.25, -0.2) is 0 Å². The molecule has 6 heteroatoms. The molecule has 1 aliphatic rings. The molecule has 0 bridgehead atoms. The number of rotatable bonds is 2. The second-order valence-corrected chi connectivity index (χ2v) is 5.34. The van der Waals surface area contributed by atoms with E-state index in [0.29, 0.717) is 11.6 Å². The summed E-state index contributed by atoms with van der Waals surface area (Å²) >= 11 is 1.89. The Morgan fingerprint density at radius 1 is 1.61 bits per heavy atom. The topological polar surface area (TPSA) is 70.2 Å².